The fraction of sp³-hybridized carbons (Fsp3) is 0.333. The monoisotopic (exact) mass is 398 g/mol. The van der Waals surface area contributed by atoms with E-state index in [4.69, 9.17) is 21.7 Å². The van der Waals surface area contributed by atoms with E-state index >= 15 is 0 Å². The molecule has 0 aliphatic carbocycles. The molecule has 1 aromatic heterocycles. The van der Waals surface area contributed by atoms with Crippen molar-refractivity contribution in [2.45, 2.75) is 26.7 Å². The van der Waals surface area contributed by atoms with Gasteiger partial charge in [-0.1, -0.05) is 24.3 Å². The highest BCUT2D eigenvalue weighted by Gasteiger charge is 2.11. The van der Waals surface area contributed by atoms with Crippen molar-refractivity contribution in [2.75, 3.05) is 14.2 Å². The normalized spacial score (nSPS) is 11.0. The molecule has 0 spiro atoms. The molecule has 6 nitrogen and oxygen atoms in total. The van der Waals surface area contributed by atoms with Crippen LogP contribution >= 0.6 is 12.2 Å². The number of aryl methyl sites for hydroxylation is 1. The summed E-state index contributed by atoms with van der Waals surface area (Å²) in [6.07, 6.45) is 0. The van der Waals surface area contributed by atoms with E-state index in [0.717, 1.165) is 23.9 Å². The van der Waals surface area contributed by atoms with Crippen LogP contribution in [0.2, 0.25) is 0 Å². The summed E-state index contributed by atoms with van der Waals surface area (Å²) in [5.74, 6) is 2.34. The molecule has 0 saturated carbocycles. The molecule has 0 aliphatic heterocycles. The Kier molecular flexibility index (Phi) is 6.49. The highest BCUT2D eigenvalue weighted by molar-refractivity contribution is 7.71. The average Bonchev–Trinajstić information content (AvgIpc) is 2.96. The molecular formula is C21H26N4O2S. The van der Waals surface area contributed by atoms with E-state index in [2.05, 4.69) is 48.2 Å². The molecule has 148 valence electrons. The predicted octanol–water partition coefficient (Wildman–Crippen LogP) is 3.94. The zero-order chi connectivity index (χ0) is 20.1. The van der Waals surface area contributed by atoms with Gasteiger partial charge in [-0.3, -0.25) is 4.90 Å². The first kappa shape index (κ1) is 20.1. The van der Waals surface area contributed by atoms with E-state index < -0.39 is 0 Å². The summed E-state index contributed by atoms with van der Waals surface area (Å²) >= 11 is 5.55. The van der Waals surface area contributed by atoms with Crippen molar-refractivity contribution in [3.63, 3.8) is 0 Å². The molecule has 0 bridgehead atoms. The molecule has 0 N–H and O–H groups in total. The Morgan fingerprint density at radius 3 is 2.43 bits per heavy atom. The third-order valence-corrected chi connectivity index (χ3v) is 5.12. The number of rotatable bonds is 8. The Labute approximate surface area is 170 Å². The first-order valence-electron chi connectivity index (χ1n) is 9.10. The van der Waals surface area contributed by atoms with Crippen LogP contribution in [0.4, 0.5) is 0 Å². The minimum Gasteiger partial charge on any atom is -0.497 e. The summed E-state index contributed by atoms with van der Waals surface area (Å²) in [7, 11) is 5.63. The van der Waals surface area contributed by atoms with Gasteiger partial charge in [0.15, 0.2) is 10.6 Å². The molecule has 0 fully saturated rings. The van der Waals surface area contributed by atoms with Crippen LogP contribution in [-0.2, 0) is 26.9 Å². The zero-order valence-corrected chi connectivity index (χ0v) is 17.6. The minimum atomic E-state index is 0.348. The molecule has 7 heteroatoms. The van der Waals surface area contributed by atoms with Crippen molar-refractivity contribution >= 4 is 12.2 Å². The van der Waals surface area contributed by atoms with Crippen LogP contribution in [0.25, 0.3) is 0 Å². The van der Waals surface area contributed by atoms with Crippen molar-refractivity contribution in [3.05, 3.63) is 70.3 Å². The van der Waals surface area contributed by atoms with Crippen LogP contribution < -0.4 is 9.47 Å². The predicted molar refractivity (Wildman–Crippen MR) is 112 cm³/mol. The molecule has 3 aromatic rings. The van der Waals surface area contributed by atoms with Gasteiger partial charge in [0, 0.05) is 13.6 Å². The highest BCUT2D eigenvalue weighted by Crippen LogP contribution is 2.18. The van der Waals surface area contributed by atoms with E-state index in [0.29, 0.717) is 18.0 Å². The molecule has 0 radical (unpaired) electrons. The highest BCUT2D eigenvalue weighted by atomic mass is 32.1. The summed E-state index contributed by atoms with van der Waals surface area (Å²) < 4.78 is 15.4. The van der Waals surface area contributed by atoms with Crippen molar-refractivity contribution in [1.82, 2.24) is 19.2 Å². The summed E-state index contributed by atoms with van der Waals surface area (Å²) in [6, 6.07) is 15.9. The van der Waals surface area contributed by atoms with Crippen LogP contribution in [0, 0.1) is 11.7 Å². The van der Waals surface area contributed by atoms with Gasteiger partial charge in [0.1, 0.15) is 18.1 Å². The molecule has 2 aromatic carbocycles. The summed E-state index contributed by atoms with van der Waals surface area (Å²) in [5.41, 5.74) is 2.59. The third kappa shape index (κ3) is 4.79. The van der Waals surface area contributed by atoms with Crippen LogP contribution in [0.3, 0.4) is 0 Å². The number of hydrogen-bond donors (Lipinski definition) is 0. The maximum absolute atomic E-state index is 5.84. The maximum Gasteiger partial charge on any atom is 0.198 e. The number of hydrogen-bond acceptors (Lipinski definition) is 5. The fourth-order valence-corrected chi connectivity index (χ4v) is 3.13. The maximum atomic E-state index is 5.84. The Bertz CT molecular complexity index is 979. The molecule has 28 heavy (non-hydrogen) atoms. The number of benzene rings is 2. The van der Waals surface area contributed by atoms with Gasteiger partial charge in [0.05, 0.1) is 13.8 Å². The number of ether oxygens (including phenoxy) is 2. The van der Waals surface area contributed by atoms with Crippen LogP contribution in [0.5, 0.6) is 11.5 Å². The van der Waals surface area contributed by atoms with Gasteiger partial charge in [-0.25, -0.2) is 4.68 Å². The second-order valence-electron chi connectivity index (χ2n) is 6.80. The second-order valence-corrected chi connectivity index (χ2v) is 7.17. The molecule has 1 heterocycles. The number of nitrogens with zero attached hydrogens (tertiary/aromatic N) is 4. The van der Waals surface area contributed by atoms with Crippen LogP contribution in [0.1, 0.15) is 17.0 Å². The fourth-order valence-electron chi connectivity index (χ4n) is 2.93. The third-order valence-electron chi connectivity index (χ3n) is 4.64. The van der Waals surface area contributed by atoms with Crippen LogP contribution in [-0.4, -0.2) is 33.4 Å². The van der Waals surface area contributed by atoms with Gasteiger partial charge < -0.3 is 14.0 Å². The van der Waals surface area contributed by atoms with Crippen molar-refractivity contribution in [3.8, 4) is 11.5 Å². The lowest BCUT2D eigenvalue weighted by Crippen LogP contribution is -2.23. The van der Waals surface area contributed by atoms with E-state index in [1.165, 1.54) is 11.1 Å². The standard InChI is InChI=1S/C21H26N4O2S/c1-16-7-5-6-8-17(16)13-23(2)15-25-21(28)24(3)20(22-25)14-27-19-11-9-18(26-4)10-12-19/h5-12H,13-15H2,1-4H3. The lowest BCUT2D eigenvalue weighted by atomic mass is 10.1. The van der Waals surface area contributed by atoms with Crippen molar-refractivity contribution in [1.29, 1.82) is 0 Å². The largest absolute Gasteiger partial charge is 0.497 e. The molecule has 0 atom stereocenters. The topological polar surface area (TPSA) is 44.5 Å². The summed E-state index contributed by atoms with van der Waals surface area (Å²) in [5, 5.41) is 4.65. The lowest BCUT2D eigenvalue weighted by Gasteiger charge is -2.17. The Hall–Kier alpha value is -2.64. The van der Waals surface area contributed by atoms with E-state index in [9.17, 15) is 0 Å². The quantitative estimate of drug-likeness (QED) is 0.538. The number of aromatic nitrogens is 3. The molecule has 0 aliphatic rings. The van der Waals surface area contributed by atoms with Crippen molar-refractivity contribution < 1.29 is 9.47 Å². The summed E-state index contributed by atoms with van der Waals surface area (Å²) in [4.78, 5) is 2.19. The average molecular weight is 399 g/mol. The van der Waals surface area contributed by atoms with E-state index in [1.54, 1.807) is 7.11 Å². The second kappa shape index (κ2) is 9.03. The smallest absolute Gasteiger partial charge is 0.198 e. The Morgan fingerprint density at radius 1 is 1.07 bits per heavy atom. The Balaban J connectivity index is 1.65. The van der Waals surface area contributed by atoms with Crippen molar-refractivity contribution in [2.24, 2.45) is 7.05 Å². The zero-order valence-electron chi connectivity index (χ0n) is 16.8. The van der Waals surface area contributed by atoms with Gasteiger partial charge in [-0.05, 0) is 61.6 Å². The minimum absolute atomic E-state index is 0.348. The first-order chi connectivity index (χ1) is 13.5. The SMILES string of the molecule is COc1ccc(OCc2nn(CN(C)Cc3ccccc3C)c(=S)n2C)cc1. The Morgan fingerprint density at radius 2 is 1.75 bits per heavy atom. The van der Waals surface area contributed by atoms with Gasteiger partial charge >= 0.3 is 0 Å². The molecule has 0 unspecified atom stereocenters. The van der Waals surface area contributed by atoms with Gasteiger partial charge in [-0.2, -0.15) is 5.10 Å². The number of methoxy groups -OCH3 is 1. The lowest BCUT2D eigenvalue weighted by molar-refractivity contribution is 0.240. The van der Waals surface area contributed by atoms with Gasteiger partial charge in [0.25, 0.3) is 0 Å². The molecule has 0 saturated heterocycles. The summed E-state index contributed by atoms with van der Waals surface area (Å²) in [6.45, 7) is 3.93. The first-order valence-corrected chi connectivity index (χ1v) is 9.51. The van der Waals surface area contributed by atoms with Gasteiger partial charge in [-0.15, -0.1) is 0 Å². The van der Waals surface area contributed by atoms with E-state index in [1.807, 2.05) is 40.6 Å². The molecule has 0 amide bonds. The molecular weight excluding hydrogens is 372 g/mol. The van der Waals surface area contributed by atoms with Crippen LogP contribution in [0.15, 0.2) is 48.5 Å². The van der Waals surface area contributed by atoms with Gasteiger partial charge in [0.2, 0.25) is 0 Å². The molecule has 3 rings (SSSR count). The van der Waals surface area contributed by atoms with E-state index in [-0.39, 0.29) is 0 Å².